The molecule has 2 N–H and O–H groups in total. The van der Waals surface area contributed by atoms with Gasteiger partial charge in [0.15, 0.2) is 11.6 Å². The van der Waals surface area contributed by atoms with Crippen LogP contribution in [0.2, 0.25) is 5.02 Å². The smallest absolute Gasteiger partial charge is 0.416 e. The van der Waals surface area contributed by atoms with Gasteiger partial charge in [-0.15, -0.1) is 5.10 Å². The molecule has 2 amide bonds. The Hall–Kier alpha value is -5.03. The maximum atomic E-state index is 13.6. The van der Waals surface area contributed by atoms with Crippen molar-refractivity contribution in [3.63, 3.8) is 0 Å². The van der Waals surface area contributed by atoms with Crippen molar-refractivity contribution in [2.24, 2.45) is 0 Å². The van der Waals surface area contributed by atoms with Gasteiger partial charge in [-0.05, 0) is 49.1 Å². The number of piperazine rings is 1. The van der Waals surface area contributed by atoms with Gasteiger partial charge in [0.05, 0.1) is 40.7 Å². The van der Waals surface area contributed by atoms with Crippen LogP contribution in [-0.4, -0.2) is 85.9 Å². The summed E-state index contributed by atoms with van der Waals surface area (Å²) in [6, 6.07) is 4.00. The first-order valence-electron chi connectivity index (χ1n) is 15.2. The molecule has 0 saturated carbocycles. The Bertz CT molecular complexity index is 2010. The zero-order valence-electron chi connectivity index (χ0n) is 25.7. The van der Waals surface area contributed by atoms with Crippen molar-refractivity contribution < 1.29 is 37.0 Å². The number of fused-ring (bicyclic) bond motifs is 3. The number of carbonyl (C=O) groups excluding carboxylic acids is 2. The number of hydrogen-bond donors (Lipinski definition) is 2. The summed E-state index contributed by atoms with van der Waals surface area (Å²) in [6.45, 7) is 3.39. The maximum Gasteiger partial charge on any atom is 0.416 e. The summed E-state index contributed by atoms with van der Waals surface area (Å²) in [7, 11) is 0. The van der Waals surface area contributed by atoms with E-state index in [1.165, 1.54) is 10.6 Å². The predicted molar refractivity (Wildman–Crippen MR) is 169 cm³/mol. The van der Waals surface area contributed by atoms with E-state index in [1.807, 2.05) is 11.0 Å². The fourth-order valence-electron chi connectivity index (χ4n) is 5.94. The minimum absolute atomic E-state index is 0.120. The predicted octanol–water partition coefficient (Wildman–Crippen LogP) is 3.77. The number of aryl methyl sites for hydroxylation is 1. The molecular formula is C31H29ClF4N8O5. The molecule has 1 fully saturated rings. The van der Waals surface area contributed by atoms with E-state index in [1.54, 1.807) is 4.90 Å². The standard InChI is InChI=1S/C23H24FN7O4.C8H5ClF3NO/c24-19-18(32)15(3-6-25-19)21(33)29-10-8-28(9-11-29)17-16-2-1-7-30(16)23-26-20(27-31(23)22(17)34)14-4-12-35-13-5-14;9-6-3-5(8(10,11)12)1-2-7(6)13-4-14/h3-4,6,32H,1-2,5,7-13H2;1-4H,(H,13,14). The highest BCUT2D eigenvalue weighted by Crippen LogP contribution is 2.33. The lowest BCUT2D eigenvalue weighted by atomic mass is 10.1. The average Bonchev–Trinajstić information content (AvgIpc) is 3.76. The number of aromatic nitrogens is 5. The van der Waals surface area contributed by atoms with Gasteiger partial charge in [-0.3, -0.25) is 14.4 Å². The van der Waals surface area contributed by atoms with Crippen LogP contribution >= 0.6 is 11.6 Å². The van der Waals surface area contributed by atoms with Crippen LogP contribution in [0.5, 0.6) is 5.75 Å². The first-order chi connectivity index (χ1) is 23.5. The number of pyridine rings is 1. The zero-order chi connectivity index (χ0) is 34.9. The molecule has 0 radical (unpaired) electrons. The van der Waals surface area contributed by atoms with Crippen molar-refractivity contribution in [1.82, 2.24) is 29.0 Å². The van der Waals surface area contributed by atoms with Gasteiger partial charge in [0.25, 0.3) is 17.4 Å². The lowest BCUT2D eigenvalue weighted by molar-refractivity contribution is -0.137. The van der Waals surface area contributed by atoms with Gasteiger partial charge < -0.3 is 29.5 Å². The van der Waals surface area contributed by atoms with E-state index in [2.05, 4.69) is 20.0 Å². The molecule has 4 aromatic rings. The molecule has 0 unspecified atom stereocenters. The number of ether oxygens (including phenoxy) is 1. The summed E-state index contributed by atoms with van der Waals surface area (Å²) in [5.41, 5.74) is 1.48. The fraction of sp³-hybridized carbons (Fsp3) is 0.355. The van der Waals surface area contributed by atoms with Crippen LogP contribution in [0.3, 0.4) is 0 Å². The highest BCUT2D eigenvalue weighted by atomic mass is 35.5. The molecule has 1 aromatic carbocycles. The number of halogens is 5. The zero-order valence-corrected chi connectivity index (χ0v) is 26.5. The van der Waals surface area contributed by atoms with Crippen LogP contribution in [0.15, 0.2) is 41.3 Å². The van der Waals surface area contributed by atoms with E-state index >= 15 is 0 Å². The molecule has 0 spiro atoms. The minimum Gasteiger partial charge on any atom is -0.503 e. The molecule has 3 aromatic heterocycles. The number of amides is 2. The topological polar surface area (TPSA) is 147 Å². The molecule has 0 bridgehead atoms. The average molecular weight is 705 g/mol. The number of anilines is 2. The Balaban J connectivity index is 0.000000251. The second-order valence-electron chi connectivity index (χ2n) is 11.3. The Morgan fingerprint density at radius 3 is 2.55 bits per heavy atom. The SMILES string of the molecule is O=C(c1ccnc(F)c1O)N1CCN(c2c3n(c4nc(C5=CCOCC5)nn4c2=O)CCC3)CC1.O=CNc1ccc(C(F)(F)F)cc1Cl. The summed E-state index contributed by atoms with van der Waals surface area (Å²) in [6.07, 6.45) is 1.41. The number of benzene rings is 1. The quantitative estimate of drug-likeness (QED) is 0.180. The molecule has 3 aliphatic heterocycles. The van der Waals surface area contributed by atoms with Crippen molar-refractivity contribution in [2.75, 3.05) is 49.6 Å². The summed E-state index contributed by atoms with van der Waals surface area (Å²) < 4.78 is 58.9. The van der Waals surface area contributed by atoms with Crippen molar-refractivity contribution in [2.45, 2.75) is 32.0 Å². The monoisotopic (exact) mass is 704 g/mol. The summed E-state index contributed by atoms with van der Waals surface area (Å²) >= 11 is 5.49. The summed E-state index contributed by atoms with van der Waals surface area (Å²) in [4.78, 5) is 48.1. The highest BCUT2D eigenvalue weighted by Gasteiger charge is 2.32. The van der Waals surface area contributed by atoms with Gasteiger partial charge in [0.1, 0.15) is 5.69 Å². The Morgan fingerprint density at radius 1 is 1.10 bits per heavy atom. The van der Waals surface area contributed by atoms with Crippen LogP contribution in [0.4, 0.5) is 28.9 Å². The molecule has 1 saturated heterocycles. The Morgan fingerprint density at radius 2 is 1.88 bits per heavy atom. The van der Waals surface area contributed by atoms with Crippen molar-refractivity contribution in [3.05, 3.63) is 80.5 Å². The van der Waals surface area contributed by atoms with E-state index < -0.39 is 29.3 Å². The van der Waals surface area contributed by atoms with Gasteiger partial charge in [-0.1, -0.05) is 17.7 Å². The first kappa shape index (κ1) is 33.9. The maximum absolute atomic E-state index is 13.6. The number of rotatable bonds is 5. The molecule has 49 heavy (non-hydrogen) atoms. The third-order valence-corrected chi connectivity index (χ3v) is 8.69. The number of nitrogens with one attached hydrogen (secondary N) is 1. The van der Waals surface area contributed by atoms with Crippen LogP contribution in [0.1, 0.15) is 40.3 Å². The molecule has 0 aliphatic carbocycles. The second kappa shape index (κ2) is 13.8. The van der Waals surface area contributed by atoms with E-state index in [-0.39, 0.29) is 21.8 Å². The van der Waals surface area contributed by atoms with Crippen molar-refractivity contribution in [3.8, 4) is 5.75 Å². The van der Waals surface area contributed by atoms with Crippen molar-refractivity contribution >= 4 is 46.6 Å². The molecule has 6 heterocycles. The Labute approximate surface area is 280 Å². The van der Waals surface area contributed by atoms with Gasteiger partial charge in [0, 0.05) is 38.9 Å². The molecule has 0 atom stereocenters. The number of carbonyl (C=O) groups is 2. The Kier molecular flexibility index (Phi) is 9.56. The fourth-order valence-corrected chi connectivity index (χ4v) is 6.18. The van der Waals surface area contributed by atoms with E-state index in [0.29, 0.717) is 69.5 Å². The van der Waals surface area contributed by atoms with Gasteiger partial charge in [-0.25, -0.2) is 4.98 Å². The summed E-state index contributed by atoms with van der Waals surface area (Å²) in [5.74, 6) is -1.17. The minimum atomic E-state index is -4.43. The molecular weight excluding hydrogens is 676 g/mol. The van der Waals surface area contributed by atoms with Crippen LogP contribution in [0.25, 0.3) is 11.4 Å². The van der Waals surface area contributed by atoms with Gasteiger partial charge in [0.2, 0.25) is 12.2 Å². The lowest BCUT2D eigenvalue weighted by Crippen LogP contribution is -2.50. The number of hydrogen-bond acceptors (Lipinski definition) is 9. The first-order valence-corrected chi connectivity index (χ1v) is 15.6. The van der Waals surface area contributed by atoms with Gasteiger partial charge >= 0.3 is 6.18 Å². The van der Waals surface area contributed by atoms with Crippen LogP contribution in [0, 0.1) is 5.95 Å². The van der Waals surface area contributed by atoms with Gasteiger partial charge in [-0.2, -0.15) is 27.1 Å². The molecule has 7 rings (SSSR count). The number of nitrogens with zero attached hydrogens (tertiary/aromatic N) is 7. The lowest BCUT2D eigenvalue weighted by Gasteiger charge is -2.36. The summed E-state index contributed by atoms with van der Waals surface area (Å²) in [5, 5.41) is 16.5. The molecule has 18 heteroatoms. The third-order valence-electron chi connectivity index (χ3n) is 8.38. The van der Waals surface area contributed by atoms with E-state index in [4.69, 9.17) is 21.3 Å². The normalized spacial score (nSPS) is 16.1. The van der Waals surface area contributed by atoms with E-state index in [9.17, 15) is 37.1 Å². The molecule has 13 nitrogen and oxygen atoms in total. The van der Waals surface area contributed by atoms with E-state index in [0.717, 1.165) is 55.0 Å². The number of alkyl halides is 3. The molecule has 3 aliphatic rings. The third kappa shape index (κ3) is 6.80. The number of aromatic hydroxyl groups is 1. The largest absolute Gasteiger partial charge is 0.503 e. The van der Waals surface area contributed by atoms with Crippen LogP contribution < -0.4 is 15.8 Å². The second-order valence-corrected chi connectivity index (χ2v) is 11.7. The van der Waals surface area contributed by atoms with Crippen molar-refractivity contribution in [1.29, 1.82) is 0 Å². The molecule has 258 valence electrons. The van der Waals surface area contributed by atoms with Crippen LogP contribution in [-0.2, 0) is 28.7 Å². The highest BCUT2D eigenvalue weighted by molar-refractivity contribution is 6.33.